The van der Waals surface area contributed by atoms with Crippen LogP contribution in [0.1, 0.15) is 0 Å². The summed E-state index contributed by atoms with van der Waals surface area (Å²) < 4.78 is 0. The molecular weight excluding hydrogens is 119 g/mol. The molecule has 0 saturated heterocycles. The zero-order valence-corrected chi connectivity index (χ0v) is 5.68. The Morgan fingerprint density at radius 2 is 0.286 bits per heavy atom. The van der Waals surface area contributed by atoms with E-state index in [0.29, 0.717) is 0 Å². The van der Waals surface area contributed by atoms with Crippen LogP contribution in [0.15, 0.2) is 0 Å². The Hall–Kier alpha value is 0.760. The van der Waals surface area contributed by atoms with Gasteiger partial charge in [0.15, 0.2) is 0 Å². The molecule has 0 aliphatic carbocycles. The average molecular weight is 125 g/mol. The molecule has 0 heterocycles. The predicted molar refractivity (Wildman–Crippen MR) is 11.6 cm³/mol. The second-order valence-corrected chi connectivity index (χ2v) is 0. The summed E-state index contributed by atoms with van der Waals surface area (Å²) >= 11 is 0. The zero-order chi connectivity index (χ0) is 0. The minimum Gasteiger partial charge on any atom is -0.870 e. The second kappa shape index (κ2) is 388. The van der Waals surface area contributed by atoms with Gasteiger partial charge in [-0.25, -0.2) is 0 Å². The molecule has 0 saturated carbocycles. The Labute approximate surface area is 62.7 Å². The van der Waals surface area contributed by atoms with Gasteiger partial charge >= 0.3 is 29.6 Å². The van der Waals surface area contributed by atoms with Gasteiger partial charge in [0.05, 0.1) is 0 Å². The standard InChI is InChI=1S/Na.6H2O/h;6*1H2/q+1;;;;;;/p-6. The van der Waals surface area contributed by atoms with Crippen LogP contribution in [0.3, 0.4) is 0 Å². The van der Waals surface area contributed by atoms with Gasteiger partial charge in [-0.3, -0.25) is 0 Å². The first kappa shape index (κ1) is 614. The molecular formula is H6NaO6-5. The van der Waals surface area contributed by atoms with Gasteiger partial charge in [-0.15, -0.1) is 0 Å². The van der Waals surface area contributed by atoms with E-state index in [1.807, 2.05) is 0 Å². The Balaban J connectivity index is 0. The molecule has 0 fully saturated rings. The maximum Gasteiger partial charge on any atom is 1.00 e. The van der Waals surface area contributed by atoms with E-state index in [-0.39, 0.29) is 62.4 Å². The molecule has 7 heavy (non-hydrogen) atoms. The topological polar surface area (TPSA) is 180 Å². The molecule has 0 radical (unpaired) electrons. The molecule has 0 spiro atoms. The van der Waals surface area contributed by atoms with Gasteiger partial charge in [0, 0.05) is 0 Å². The first-order chi connectivity index (χ1) is 0. The van der Waals surface area contributed by atoms with Gasteiger partial charge in [-0.1, -0.05) is 0 Å². The third kappa shape index (κ3) is 265. The summed E-state index contributed by atoms with van der Waals surface area (Å²) in [6.45, 7) is 0. The van der Waals surface area contributed by atoms with E-state index in [0.717, 1.165) is 0 Å². The van der Waals surface area contributed by atoms with Crippen LogP contribution in [-0.2, 0) is 0 Å². The van der Waals surface area contributed by atoms with Crippen molar-refractivity contribution in [1.82, 2.24) is 0 Å². The van der Waals surface area contributed by atoms with Crippen LogP contribution in [0.4, 0.5) is 0 Å². The monoisotopic (exact) mass is 125 g/mol. The maximum absolute atomic E-state index is 0. The molecule has 0 amide bonds. The molecule has 0 aromatic rings. The predicted octanol–water partition coefficient (Wildman–Crippen LogP) is -4.06. The van der Waals surface area contributed by atoms with Crippen molar-refractivity contribution in [2.45, 2.75) is 0 Å². The zero-order valence-electron chi connectivity index (χ0n) is 3.68. The van der Waals surface area contributed by atoms with Crippen molar-refractivity contribution in [1.29, 1.82) is 0 Å². The summed E-state index contributed by atoms with van der Waals surface area (Å²) in [6.07, 6.45) is 0. The normalized spacial score (nSPS) is 0. The first-order valence-electron chi connectivity index (χ1n) is 0. The van der Waals surface area contributed by atoms with Crippen LogP contribution in [0.2, 0.25) is 0 Å². The van der Waals surface area contributed by atoms with E-state index in [1.54, 1.807) is 0 Å². The second-order valence-electron chi connectivity index (χ2n) is 0. The molecule has 0 rings (SSSR count). The summed E-state index contributed by atoms with van der Waals surface area (Å²) in [4.78, 5) is 0. The third-order valence-corrected chi connectivity index (χ3v) is 0. The number of rotatable bonds is 0. The Morgan fingerprint density at radius 1 is 0.286 bits per heavy atom. The molecule has 0 aliphatic rings. The third-order valence-electron chi connectivity index (χ3n) is 0. The largest absolute Gasteiger partial charge is 1.00 e. The molecule has 0 unspecified atom stereocenters. The van der Waals surface area contributed by atoms with Gasteiger partial charge in [-0.05, 0) is 0 Å². The summed E-state index contributed by atoms with van der Waals surface area (Å²) in [5.41, 5.74) is 0. The summed E-state index contributed by atoms with van der Waals surface area (Å²) in [6, 6.07) is 0. The molecule has 6 N–H and O–H groups in total. The first-order valence-corrected chi connectivity index (χ1v) is 0. The van der Waals surface area contributed by atoms with E-state index >= 15 is 0 Å². The van der Waals surface area contributed by atoms with Crippen LogP contribution in [-0.4, -0.2) is 32.9 Å². The maximum atomic E-state index is 0. The van der Waals surface area contributed by atoms with Crippen molar-refractivity contribution in [3.63, 3.8) is 0 Å². The summed E-state index contributed by atoms with van der Waals surface area (Å²) in [5, 5.41) is 0. The van der Waals surface area contributed by atoms with Crippen molar-refractivity contribution < 1.29 is 62.4 Å². The molecule has 0 aromatic carbocycles. The molecule has 48 valence electrons. The fourth-order valence-electron chi connectivity index (χ4n) is 0. The van der Waals surface area contributed by atoms with Crippen LogP contribution >= 0.6 is 0 Å². The quantitative estimate of drug-likeness (QED) is 0.296. The van der Waals surface area contributed by atoms with Crippen LogP contribution < -0.4 is 29.6 Å². The molecule has 7 heteroatoms. The minimum absolute atomic E-state index is 0. The van der Waals surface area contributed by atoms with Gasteiger partial charge in [0.25, 0.3) is 0 Å². The van der Waals surface area contributed by atoms with Crippen molar-refractivity contribution in [3.8, 4) is 0 Å². The average Bonchev–Trinajstić information content (AvgIpc) is 0. The van der Waals surface area contributed by atoms with Crippen LogP contribution in [0.25, 0.3) is 0 Å². The van der Waals surface area contributed by atoms with Gasteiger partial charge in [-0.2, -0.15) is 0 Å². The molecule has 0 bridgehead atoms. The molecule has 0 aromatic heterocycles. The smallest absolute Gasteiger partial charge is 0.870 e. The fourth-order valence-corrected chi connectivity index (χ4v) is 0. The van der Waals surface area contributed by atoms with Gasteiger partial charge < -0.3 is 32.9 Å². The SMILES string of the molecule is [Na+].[OH-].[OH-].[OH-].[OH-].[OH-].[OH-]. The van der Waals surface area contributed by atoms with Gasteiger partial charge in [0.2, 0.25) is 0 Å². The number of hydrogen-bond acceptors (Lipinski definition) is 6. The van der Waals surface area contributed by atoms with E-state index in [2.05, 4.69) is 0 Å². The van der Waals surface area contributed by atoms with Crippen molar-refractivity contribution in [2.24, 2.45) is 0 Å². The fraction of sp³-hybridized carbons (Fsp3) is 0. The Morgan fingerprint density at radius 3 is 0.286 bits per heavy atom. The van der Waals surface area contributed by atoms with Crippen molar-refractivity contribution in [2.75, 3.05) is 0 Å². The van der Waals surface area contributed by atoms with E-state index in [4.69, 9.17) is 0 Å². The minimum atomic E-state index is 0. The molecule has 0 atom stereocenters. The van der Waals surface area contributed by atoms with Crippen molar-refractivity contribution in [3.05, 3.63) is 0 Å². The number of hydrogen-bond donors (Lipinski definition) is 0. The Bertz CT molecular complexity index is 4.14. The molecule has 0 aliphatic heterocycles. The van der Waals surface area contributed by atoms with E-state index < -0.39 is 0 Å². The molecule has 6 nitrogen and oxygen atoms in total. The van der Waals surface area contributed by atoms with Crippen LogP contribution in [0.5, 0.6) is 0 Å². The van der Waals surface area contributed by atoms with Gasteiger partial charge in [0.1, 0.15) is 0 Å². The Kier molecular flexibility index (Phi) is 34100. The summed E-state index contributed by atoms with van der Waals surface area (Å²) in [5.74, 6) is 0. The van der Waals surface area contributed by atoms with E-state index in [1.165, 1.54) is 0 Å². The van der Waals surface area contributed by atoms with Crippen LogP contribution in [0, 0.1) is 0 Å². The summed E-state index contributed by atoms with van der Waals surface area (Å²) in [7, 11) is 0. The van der Waals surface area contributed by atoms with E-state index in [9.17, 15) is 0 Å². The van der Waals surface area contributed by atoms with Crippen molar-refractivity contribution >= 4 is 0 Å².